The zero-order valence-corrected chi connectivity index (χ0v) is 11.3. The van der Waals surface area contributed by atoms with Gasteiger partial charge in [-0.3, -0.25) is 9.59 Å². The van der Waals surface area contributed by atoms with Crippen LogP contribution in [0.3, 0.4) is 0 Å². The fraction of sp³-hybridized carbons (Fsp3) is 0.267. The van der Waals surface area contributed by atoms with Crippen LogP contribution in [0.5, 0.6) is 5.75 Å². The summed E-state index contributed by atoms with van der Waals surface area (Å²) in [5.74, 6) is -0.589. The lowest BCUT2D eigenvalue weighted by Gasteiger charge is -2.09. The van der Waals surface area contributed by atoms with Gasteiger partial charge in [0.2, 0.25) is 0 Å². The van der Waals surface area contributed by atoms with Crippen LogP contribution >= 0.6 is 0 Å². The van der Waals surface area contributed by atoms with Gasteiger partial charge in [-0.2, -0.15) is 0 Å². The van der Waals surface area contributed by atoms with Crippen LogP contribution in [-0.4, -0.2) is 29.0 Å². The number of benzene rings is 1. The Balaban J connectivity index is 2.49. The smallest absolute Gasteiger partial charge is 0.303 e. The Kier molecular flexibility index (Phi) is 3.98. The van der Waals surface area contributed by atoms with E-state index in [9.17, 15) is 9.59 Å². The van der Waals surface area contributed by atoms with Crippen molar-refractivity contribution in [2.24, 2.45) is 0 Å². The van der Waals surface area contributed by atoms with Crippen LogP contribution in [0.15, 0.2) is 24.3 Å². The molecule has 1 N–H and O–H groups in total. The topological polar surface area (TPSA) is 76.5 Å². The number of hydrogen-bond acceptors (Lipinski definition) is 4. The molecule has 0 fully saturated rings. The molecular weight excluding hydrogens is 258 g/mol. The second-order valence-electron chi connectivity index (χ2n) is 4.48. The molecule has 1 heterocycles. The van der Waals surface area contributed by atoms with Gasteiger partial charge in [0, 0.05) is 23.1 Å². The fourth-order valence-corrected chi connectivity index (χ4v) is 2.05. The monoisotopic (exact) mass is 273 g/mol. The second kappa shape index (κ2) is 5.69. The second-order valence-corrected chi connectivity index (χ2v) is 4.48. The molecule has 0 saturated carbocycles. The summed E-state index contributed by atoms with van der Waals surface area (Å²) in [4.78, 5) is 27.1. The number of aryl methyl sites for hydroxylation is 1. The molecule has 0 aliphatic carbocycles. The van der Waals surface area contributed by atoms with Gasteiger partial charge in [-0.1, -0.05) is 6.07 Å². The van der Waals surface area contributed by atoms with Crippen molar-refractivity contribution in [3.63, 3.8) is 0 Å². The Hall–Kier alpha value is -2.43. The Labute approximate surface area is 116 Å². The van der Waals surface area contributed by atoms with Gasteiger partial charge in [-0.25, -0.2) is 4.98 Å². The van der Waals surface area contributed by atoms with E-state index in [2.05, 4.69) is 4.98 Å². The van der Waals surface area contributed by atoms with Crippen molar-refractivity contribution in [3.05, 3.63) is 35.5 Å². The molecule has 0 radical (unpaired) electrons. The molecule has 1 aromatic heterocycles. The predicted molar refractivity (Wildman–Crippen MR) is 74.2 cm³/mol. The molecule has 0 amide bonds. The number of carboxylic acids is 1. The first kappa shape index (κ1) is 14.0. The lowest BCUT2D eigenvalue weighted by Crippen LogP contribution is -2.05. The highest BCUT2D eigenvalue weighted by atomic mass is 16.5. The lowest BCUT2D eigenvalue weighted by molar-refractivity contribution is -0.136. The number of aliphatic carboxylic acids is 1. The Morgan fingerprint density at radius 3 is 2.60 bits per heavy atom. The first-order valence-corrected chi connectivity index (χ1v) is 6.22. The number of pyridine rings is 1. The molecular formula is C15H15NO4. The summed E-state index contributed by atoms with van der Waals surface area (Å²) in [5, 5.41) is 9.34. The third-order valence-corrected chi connectivity index (χ3v) is 3.05. The molecule has 0 aliphatic rings. The fourth-order valence-electron chi connectivity index (χ4n) is 2.05. The number of methoxy groups -OCH3 is 1. The van der Waals surface area contributed by atoms with Crippen molar-refractivity contribution in [2.45, 2.75) is 19.8 Å². The summed E-state index contributed by atoms with van der Waals surface area (Å²) in [5.41, 5.74) is 1.93. The number of rotatable bonds is 5. The number of aromatic nitrogens is 1. The Morgan fingerprint density at radius 1 is 1.20 bits per heavy atom. The number of carbonyl (C=O) groups excluding carboxylic acids is 1. The Morgan fingerprint density at radius 2 is 1.95 bits per heavy atom. The third kappa shape index (κ3) is 2.77. The van der Waals surface area contributed by atoms with Gasteiger partial charge in [0.25, 0.3) is 0 Å². The number of carboxylic acid groups (broad SMARTS) is 1. The van der Waals surface area contributed by atoms with Crippen molar-refractivity contribution >= 4 is 22.7 Å². The van der Waals surface area contributed by atoms with Crippen LogP contribution in [0.25, 0.3) is 10.9 Å². The van der Waals surface area contributed by atoms with E-state index in [4.69, 9.17) is 9.84 Å². The minimum absolute atomic E-state index is 0.0232. The molecule has 20 heavy (non-hydrogen) atoms. The highest BCUT2D eigenvalue weighted by molar-refractivity contribution is 6.09. The van der Waals surface area contributed by atoms with Crippen LogP contribution in [0.4, 0.5) is 0 Å². The summed E-state index contributed by atoms with van der Waals surface area (Å²) < 4.78 is 5.25. The predicted octanol–water partition coefficient (Wildman–Crippen LogP) is 2.60. The van der Waals surface area contributed by atoms with Crippen LogP contribution in [0, 0.1) is 6.92 Å². The van der Waals surface area contributed by atoms with Gasteiger partial charge in [0.05, 0.1) is 13.5 Å². The number of ether oxygens (including phenoxy) is 1. The summed E-state index contributed by atoms with van der Waals surface area (Å²) in [6, 6.07) is 6.97. The molecule has 2 rings (SSSR count). The van der Waals surface area contributed by atoms with Gasteiger partial charge in [-0.15, -0.1) is 0 Å². The van der Waals surface area contributed by atoms with Crippen LogP contribution in [-0.2, 0) is 4.79 Å². The van der Waals surface area contributed by atoms with Crippen LogP contribution < -0.4 is 4.74 Å². The maximum atomic E-state index is 12.1. The SMILES string of the molecule is COc1ccc(C(=O)CCC(=O)O)c2ccc(C)nc12. The van der Waals surface area contributed by atoms with Gasteiger partial charge in [0.15, 0.2) is 5.78 Å². The number of Topliss-reactive ketones (excluding diaryl/α,β-unsaturated/α-hetero) is 1. The highest BCUT2D eigenvalue weighted by Gasteiger charge is 2.15. The minimum atomic E-state index is -0.981. The average Bonchev–Trinajstić information content (AvgIpc) is 2.43. The van der Waals surface area contributed by atoms with E-state index in [-0.39, 0.29) is 18.6 Å². The Bertz CT molecular complexity index is 679. The molecule has 0 bridgehead atoms. The average molecular weight is 273 g/mol. The summed E-state index contributed by atoms with van der Waals surface area (Å²) >= 11 is 0. The van der Waals surface area contributed by atoms with Crippen molar-refractivity contribution in [2.75, 3.05) is 7.11 Å². The molecule has 1 aromatic carbocycles. The van der Waals surface area contributed by atoms with E-state index < -0.39 is 5.97 Å². The van der Waals surface area contributed by atoms with Gasteiger partial charge in [0.1, 0.15) is 11.3 Å². The van der Waals surface area contributed by atoms with E-state index in [0.29, 0.717) is 22.2 Å². The summed E-state index contributed by atoms with van der Waals surface area (Å²) in [6.07, 6.45) is -0.198. The zero-order chi connectivity index (χ0) is 14.7. The molecule has 104 valence electrons. The zero-order valence-electron chi connectivity index (χ0n) is 11.3. The highest BCUT2D eigenvalue weighted by Crippen LogP contribution is 2.28. The van der Waals surface area contributed by atoms with Crippen molar-refractivity contribution in [1.29, 1.82) is 0 Å². The lowest BCUT2D eigenvalue weighted by atomic mass is 10.0. The quantitative estimate of drug-likeness (QED) is 0.847. The number of hydrogen-bond donors (Lipinski definition) is 1. The van der Waals surface area contributed by atoms with Crippen molar-refractivity contribution in [3.8, 4) is 5.75 Å². The molecule has 0 atom stereocenters. The van der Waals surface area contributed by atoms with Crippen LogP contribution in [0.2, 0.25) is 0 Å². The van der Waals surface area contributed by atoms with Gasteiger partial charge in [-0.05, 0) is 25.1 Å². The first-order valence-electron chi connectivity index (χ1n) is 6.22. The van der Waals surface area contributed by atoms with E-state index in [1.807, 2.05) is 19.1 Å². The standard InChI is InChI=1S/C15H15NO4/c1-9-3-4-11-10(12(17)6-8-14(18)19)5-7-13(20-2)15(11)16-9/h3-5,7H,6,8H2,1-2H3,(H,18,19). The minimum Gasteiger partial charge on any atom is -0.494 e. The van der Waals surface area contributed by atoms with E-state index in [0.717, 1.165) is 5.69 Å². The van der Waals surface area contributed by atoms with Crippen LogP contribution in [0.1, 0.15) is 28.9 Å². The van der Waals surface area contributed by atoms with E-state index >= 15 is 0 Å². The largest absolute Gasteiger partial charge is 0.494 e. The maximum absolute atomic E-state index is 12.1. The first-order chi connectivity index (χ1) is 9.52. The molecule has 0 aliphatic heterocycles. The summed E-state index contributed by atoms with van der Waals surface area (Å²) in [7, 11) is 1.55. The van der Waals surface area contributed by atoms with E-state index in [1.165, 1.54) is 0 Å². The molecule has 0 spiro atoms. The van der Waals surface area contributed by atoms with E-state index in [1.54, 1.807) is 19.2 Å². The van der Waals surface area contributed by atoms with Gasteiger partial charge < -0.3 is 9.84 Å². The number of nitrogens with zero attached hydrogens (tertiary/aromatic N) is 1. The van der Waals surface area contributed by atoms with Gasteiger partial charge >= 0.3 is 5.97 Å². The number of ketones is 1. The number of fused-ring (bicyclic) bond motifs is 1. The normalized spacial score (nSPS) is 10.5. The molecule has 5 nitrogen and oxygen atoms in total. The molecule has 2 aromatic rings. The summed E-state index contributed by atoms with van der Waals surface area (Å²) in [6.45, 7) is 1.86. The molecule has 0 unspecified atom stereocenters. The molecule has 5 heteroatoms. The van der Waals surface area contributed by atoms with Crippen molar-refractivity contribution in [1.82, 2.24) is 4.98 Å². The third-order valence-electron chi connectivity index (χ3n) is 3.05. The van der Waals surface area contributed by atoms with Crippen molar-refractivity contribution < 1.29 is 19.4 Å². The maximum Gasteiger partial charge on any atom is 0.303 e. The molecule has 0 saturated heterocycles. The number of carbonyl (C=O) groups is 2.